The molecule has 0 spiro atoms. The van der Waals surface area contributed by atoms with E-state index < -0.39 is 0 Å². The molecule has 0 fully saturated rings. The maximum absolute atomic E-state index is 6.10. The van der Waals surface area contributed by atoms with Gasteiger partial charge in [0.05, 0.1) is 16.3 Å². The number of H-pyrrole nitrogens is 2. The van der Waals surface area contributed by atoms with Gasteiger partial charge >= 0.3 is 0 Å². The van der Waals surface area contributed by atoms with Crippen molar-refractivity contribution in [2.24, 2.45) is 5.10 Å². The summed E-state index contributed by atoms with van der Waals surface area (Å²) >= 11 is 17.4. The van der Waals surface area contributed by atoms with Gasteiger partial charge in [-0.3, -0.25) is 0 Å². The smallest absolute Gasteiger partial charge is 0.216 e. The molecule has 0 saturated carbocycles. The molecule has 2 aromatic heterocycles. The highest BCUT2D eigenvalue weighted by Crippen LogP contribution is 2.32. The Morgan fingerprint density at radius 1 is 1.32 bits per heavy atom. The first kappa shape index (κ1) is 17.7. The molecule has 2 N–H and O–H groups in total. The third kappa shape index (κ3) is 3.95. The zero-order valence-electron chi connectivity index (χ0n) is 13.5. The molecule has 0 atom stereocenters. The highest BCUT2D eigenvalue weighted by Gasteiger charge is 2.11. The minimum Gasteiger partial charge on any atom is -0.482 e. The van der Waals surface area contributed by atoms with Gasteiger partial charge in [-0.25, -0.2) is 5.10 Å². The minimum atomic E-state index is 0.110. The molecule has 3 rings (SSSR count). The van der Waals surface area contributed by atoms with E-state index in [4.69, 9.17) is 40.2 Å². The van der Waals surface area contributed by atoms with Gasteiger partial charge in [0.25, 0.3) is 0 Å². The first-order valence-electron chi connectivity index (χ1n) is 7.39. The Balaban J connectivity index is 1.82. The Kier molecular flexibility index (Phi) is 5.27. The summed E-state index contributed by atoms with van der Waals surface area (Å²) in [5.41, 5.74) is 3.06. The molecule has 2 heterocycles. The van der Waals surface area contributed by atoms with Crippen LogP contribution in [0.4, 0.5) is 0 Å². The Bertz CT molecular complexity index is 969. The number of aryl methyl sites for hydroxylation is 2. The molecular formula is C16H15Cl2N5OS. The Labute approximate surface area is 159 Å². The van der Waals surface area contributed by atoms with Crippen LogP contribution >= 0.6 is 35.4 Å². The monoisotopic (exact) mass is 395 g/mol. The van der Waals surface area contributed by atoms with E-state index in [2.05, 4.69) is 20.3 Å². The second-order valence-corrected chi connectivity index (χ2v) is 6.57. The molecule has 25 heavy (non-hydrogen) atoms. The fourth-order valence-electron chi connectivity index (χ4n) is 2.29. The summed E-state index contributed by atoms with van der Waals surface area (Å²) in [6, 6.07) is 7.16. The molecule has 0 bridgehead atoms. The lowest BCUT2D eigenvalue weighted by atomic mass is 10.3. The average Bonchev–Trinajstić information content (AvgIpc) is 3.06. The molecule has 0 saturated heterocycles. The number of hydrogen-bond donors (Lipinski definition) is 2. The van der Waals surface area contributed by atoms with Crippen molar-refractivity contribution in [3.63, 3.8) is 0 Å². The van der Waals surface area contributed by atoms with Crippen LogP contribution in [0.15, 0.2) is 29.4 Å². The highest BCUT2D eigenvalue weighted by atomic mass is 35.5. The number of benzene rings is 1. The van der Waals surface area contributed by atoms with Gasteiger partial charge in [0, 0.05) is 17.0 Å². The first-order valence-corrected chi connectivity index (χ1v) is 8.56. The third-order valence-corrected chi connectivity index (χ3v) is 4.34. The van der Waals surface area contributed by atoms with Crippen molar-refractivity contribution >= 4 is 41.6 Å². The van der Waals surface area contributed by atoms with Gasteiger partial charge in [-0.15, -0.1) is 0 Å². The molecular weight excluding hydrogens is 381 g/mol. The number of ether oxygens (including phenoxy) is 1. The molecule has 9 heteroatoms. The van der Waals surface area contributed by atoms with E-state index in [1.54, 1.807) is 24.4 Å². The summed E-state index contributed by atoms with van der Waals surface area (Å²) in [7, 11) is 0. The van der Waals surface area contributed by atoms with E-state index in [1.807, 2.05) is 19.9 Å². The number of nitrogens with zero attached hydrogens (tertiary/aromatic N) is 3. The van der Waals surface area contributed by atoms with Gasteiger partial charge in [-0.2, -0.15) is 14.9 Å². The lowest BCUT2D eigenvalue weighted by Gasteiger charge is -2.08. The molecule has 1 aromatic carbocycles. The van der Waals surface area contributed by atoms with Gasteiger partial charge in [-0.1, -0.05) is 29.3 Å². The van der Waals surface area contributed by atoms with Crippen molar-refractivity contribution in [3.05, 3.63) is 61.9 Å². The number of aromatic amines is 2. The predicted molar refractivity (Wildman–Crippen MR) is 101 cm³/mol. The van der Waals surface area contributed by atoms with Crippen molar-refractivity contribution in [1.82, 2.24) is 19.9 Å². The average molecular weight is 396 g/mol. The van der Waals surface area contributed by atoms with Crippen LogP contribution in [-0.4, -0.2) is 26.1 Å². The second-order valence-electron chi connectivity index (χ2n) is 5.37. The van der Waals surface area contributed by atoms with Crippen molar-refractivity contribution in [2.75, 3.05) is 0 Å². The summed E-state index contributed by atoms with van der Waals surface area (Å²) < 4.78 is 7.56. The fraction of sp³-hybridized carbons (Fsp3) is 0.188. The van der Waals surface area contributed by atoms with Crippen LogP contribution in [0.3, 0.4) is 0 Å². The molecule has 0 amide bonds. The lowest BCUT2D eigenvalue weighted by Crippen LogP contribution is -2.05. The van der Waals surface area contributed by atoms with Gasteiger partial charge < -0.3 is 9.72 Å². The number of para-hydroxylation sites is 1. The standard InChI is InChI=1S/C16H15Cl2N5OS/c1-9-6-11(10(2)20-9)7-19-23-14(21-22-16(23)25)8-24-15-12(17)4-3-5-13(15)18/h3-7,20H,8H2,1-2H3,(H,22,25)/b19-7+. The van der Waals surface area contributed by atoms with E-state index in [-0.39, 0.29) is 6.61 Å². The molecule has 3 aromatic rings. The van der Waals surface area contributed by atoms with Crippen LogP contribution in [0, 0.1) is 18.6 Å². The van der Waals surface area contributed by atoms with Gasteiger partial charge in [0.15, 0.2) is 11.6 Å². The largest absolute Gasteiger partial charge is 0.482 e. The van der Waals surface area contributed by atoms with Crippen molar-refractivity contribution < 1.29 is 4.74 Å². The third-order valence-electron chi connectivity index (χ3n) is 3.48. The number of halogens is 2. The number of hydrogen-bond acceptors (Lipinski definition) is 4. The van der Waals surface area contributed by atoms with Crippen LogP contribution in [-0.2, 0) is 6.61 Å². The quantitative estimate of drug-likeness (QED) is 0.487. The zero-order chi connectivity index (χ0) is 18.0. The zero-order valence-corrected chi connectivity index (χ0v) is 15.8. The van der Waals surface area contributed by atoms with Gasteiger partial charge in [0.2, 0.25) is 4.77 Å². The maximum Gasteiger partial charge on any atom is 0.216 e. The van der Waals surface area contributed by atoms with E-state index >= 15 is 0 Å². The fourth-order valence-corrected chi connectivity index (χ4v) is 3.00. The van der Waals surface area contributed by atoms with Crippen molar-refractivity contribution in [2.45, 2.75) is 20.5 Å². The molecule has 0 aliphatic rings. The second kappa shape index (κ2) is 7.43. The van der Waals surface area contributed by atoms with Crippen molar-refractivity contribution in [1.29, 1.82) is 0 Å². The van der Waals surface area contributed by atoms with Crippen LogP contribution in [0.2, 0.25) is 10.0 Å². The van der Waals surface area contributed by atoms with E-state index in [0.717, 1.165) is 17.0 Å². The van der Waals surface area contributed by atoms with Crippen LogP contribution in [0.1, 0.15) is 22.8 Å². The van der Waals surface area contributed by atoms with Crippen LogP contribution < -0.4 is 4.74 Å². The summed E-state index contributed by atoms with van der Waals surface area (Å²) in [5.74, 6) is 0.898. The maximum atomic E-state index is 6.10. The molecule has 0 radical (unpaired) electrons. The summed E-state index contributed by atoms with van der Waals surface area (Å²) in [6.07, 6.45) is 1.72. The van der Waals surface area contributed by atoms with E-state index in [0.29, 0.717) is 26.4 Å². The summed E-state index contributed by atoms with van der Waals surface area (Å²) in [6.45, 7) is 4.08. The SMILES string of the molecule is Cc1cc(/C=N/n2c(COc3c(Cl)cccc3Cl)n[nH]c2=S)c(C)[nH]1. The van der Waals surface area contributed by atoms with E-state index in [1.165, 1.54) is 4.68 Å². The molecule has 0 aliphatic carbocycles. The minimum absolute atomic E-state index is 0.110. The highest BCUT2D eigenvalue weighted by molar-refractivity contribution is 7.71. The van der Waals surface area contributed by atoms with Gasteiger partial charge in [-0.05, 0) is 44.3 Å². The van der Waals surface area contributed by atoms with Crippen LogP contribution in [0.5, 0.6) is 5.75 Å². The lowest BCUT2D eigenvalue weighted by molar-refractivity contribution is 0.291. The van der Waals surface area contributed by atoms with Gasteiger partial charge in [0.1, 0.15) is 6.61 Å². The molecule has 6 nitrogen and oxygen atoms in total. The van der Waals surface area contributed by atoms with Crippen LogP contribution in [0.25, 0.3) is 0 Å². The molecule has 130 valence electrons. The Hall–Kier alpha value is -2.09. The first-order chi connectivity index (χ1) is 12.0. The van der Waals surface area contributed by atoms with Crippen molar-refractivity contribution in [3.8, 4) is 5.75 Å². The molecule has 0 unspecified atom stereocenters. The summed E-state index contributed by atoms with van der Waals surface area (Å²) in [5, 5.41) is 12.1. The summed E-state index contributed by atoms with van der Waals surface area (Å²) in [4.78, 5) is 3.22. The number of aromatic nitrogens is 4. The Morgan fingerprint density at radius 2 is 2.04 bits per heavy atom. The normalized spacial score (nSPS) is 11.4. The predicted octanol–water partition coefficient (Wildman–Crippen LogP) is 4.65. The van der Waals surface area contributed by atoms with E-state index in [9.17, 15) is 0 Å². The topological polar surface area (TPSA) is 71.0 Å². The number of nitrogens with one attached hydrogen (secondary N) is 2. The number of rotatable bonds is 5. The Morgan fingerprint density at radius 3 is 2.68 bits per heavy atom. The molecule has 0 aliphatic heterocycles.